The molecule has 0 radical (unpaired) electrons. The molecule has 1 saturated carbocycles. The minimum Gasteiger partial charge on any atom is -0.395 e. The van der Waals surface area contributed by atoms with Gasteiger partial charge < -0.3 is 5.11 Å². The van der Waals surface area contributed by atoms with Crippen LogP contribution >= 0.6 is 12.6 Å². The maximum absolute atomic E-state index is 9.06. The Kier molecular flexibility index (Phi) is 6.37. The third-order valence-corrected chi connectivity index (χ3v) is 3.58. The van der Waals surface area contributed by atoms with Crippen LogP contribution in [0.5, 0.6) is 0 Å². The monoisotopic (exact) mass is 229 g/mol. The van der Waals surface area contributed by atoms with Crippen molar-refractivity contribution >= 4 is 12.6 Å². The van der Waals surface area contributed by atoms with E-state index in [0.29, 0.717) is 6.04 Å². The van der Waals surface area contributed by atoms with Crippen molar-refractivity contribution in [1.82, 2.24) is 4.90 Å². The van der Waals surface area contributed by atoms with Gasteiger partial charge in [0.2, 0.25) is 0 Å². The smallest absolute Gasteiger partial charge is 0.0558 e. The van der Waals surface area contributed by atoms with Gasteiger partial charge in [0.05, 0.1) is 6.61 Å². The van der Waals surface area contributed by atoms with Gasteiger partial charge in [0.15, 0.2) is 0 Å². The summed E-state index contributed by atoms with van der Waals surface area (Å²) in [4.78, 5) is 2.37. The van der Waals surface area contributed by atoms with Crippen LogP contribution in [0.25, 0.3) is 0 Å². The first-order valence-electron chi connectivity index (χ1n) is 5.90. The Morgan fingerprint density at radius 1 is 1.33 bits per heavy atom. The van der Waals surface area contributed by atoms with Crippen molar-refractivity contribution in [3.05, 3.63) is 12.2 Å². The van der Waals surface area contributed by atoms with Crippen LogP contribution in [0.3, 0.4) is 0 Å². The molecule has 0 unspecified atom stereocenters. The van der Waals surface area contributed by atoms with Gasteiger partial charge in [-0.1, -0.05) is 31.4 Å². The van der Waals surface area contributed by atoms with Gasteiger partial charge in [0.25, 0.3) is 0 Å². The van der Waals surface area contributed by atoms with Gasteiger partial charge >= 0.3 is 0 Å². The Balaban J connectivity index is 2.43. The third-order valence-electron chi connectivity index (χ3n) is 3.13. The van der Waals surface area contributed by atoms with Crippen molar-refractivity contribution < 1.29 is 5.11 Å². The first-order valence-corrected chi connectivity index (χ1v) is 6.53. The second-order valence-electron chi connectivity index (χ2n) is 4.39. The largest absolute Gasteiger partial charge is 0.395 e. The Labute approximate surface area is 98.8 Å². The summed E-state index contributed by atoms with van der Waals surface area (Å²) < 4.78 is 0. The van der Waals surface area contributed by atoms with Crippen molar-refractivity contribution in [1.29, 1.82) is 0 Å². The molecule has 1 fully saturated rings. The molecular formula is C12H23NOS. The second kappa shape index (κ2) is 7.31. The molecule has 1 rings (SSSR count). The molecule has 0 bridgehead atoms. The average Bonchev–Trinajstić information content (AvgIpc) is 2.29. The number of thiol groups is 1. The normalized spacial score (nSPS) is 18.3. The minimum atomic E-state index is 0.246. The second-order valence-corrected chi connectivity index (χ2v) is 4.71. The molecule has 0 aliphatic heterocycles. The number of aliphatic hydroxyl groups is 1. The molecule has 0 spiro atoms. The first-order chi connectivity index (χ1) is 7.27. The fourth-order valence-electron chi connectivity index (χ4n) is 2.30. The van der Waals surface area contributed by atoms with Gasteiger partial charge in [-0.3, -0.25) is 4.90 Å². The highest BCUT2D eigenvalue weighted by molar-refractivity contribution is 7.80. The summed E-state index contributed by atoms with van der Waals surface area (Å²) >= 11 is 4.23. The molecule has 3 heteroatoms. The van der Waals surface area contributed by atoms with E-state index in [1.807, 2.05) is 0 Å². The Bertz CT molecular complexity index is 190. The first kappa shape index (κ1) is 13.1. The van der Waals surface area contributed by atoms with Crippen LogP contribution in [-0.2, 0) is 0 Å². The molecule has 0 heterocycles. The van der Waals surface area contributed by atoms with Crippen molar-refractivity contribution in [2.24, 2.45) is 0 Å². The lowest BCUT2D eigenvalue weighted by molar-refractivity contribution is 0.134. The molecule has 0 amide bonds. The summed E-state index contributed by atoms with van der Waals surface area (Å²) in [6.45, 7) is 5.91. The number of hydrogen-bond donors (Lipinski definition) is 2. The van der Waals surface area contributed by atoms with E-state index in [1.54, 1.807) is 0 Å². The summed E-state index contributed by atoms with van der Waals surface area (Å²) in [5.74, 6) is 0.745. The molecule has 1 N–H and O–H groups in total. The zero-order chi connectivity index (χ0) is 11.1. The molecule has 0 atom stereocenters. The highest BCUT2D eigenvalue weighted by atomic mass is 32.1. The Hall–Kier alpha value is 0.01000. The lowest BCUT2D eigenvalue weighted by Gasteiger charge is -2.34. The van der Waals surface area contributed by atoms with Gasteiger partial charge in [-0.15, -0.1) is 0 Å². The number of aliphatic hydroxyl groups excluding tert-OH is 1. The van der Waals surface area contributed by atoms with E-state index in [-0.39, 0.29) is 6.61 Å². The molecule has 1 aliphatic rings. The quantitative estimate of drug-likeness (QED) is 0.538. The summed E-state index contributed by atoms with van der Waals surface area (Å²) in [5.41, 5.74) is 1.15. The highest BCUT2D eigenvalue weighted by Crippen LogP contribution is 2.22. The lowest BCUT2D eigenvalue weighted by atomic mass is 9.94. The van der Waals surface area contributed by atoms with Crippen LogP contribution in [0.15, 0.2) is 12.2 Å². The van der Waals surface area contributed by atoms with Crippen molar-refractivity contribution in [2.45, 2.75) is 38.1 Å². The van der Waals surface area contributed by atoms with Crippen molar-refractivity contribution in [3.63, 3.8) is 0 Å². The summed E-state index contributed by atoms with van der Waals surface area (Å²) in [6.07, 6.45) is 6.59. The molecule has 15 heavy (non-hydrogen) atoms. The third kappa shape index (κ3) is 4.58. The van der Waals surface area contributed by atoms with E-state index in [4.69, 9.17) is 5.11 Å². The van der Waals surface area contributed by atoms with E-state index in [0.717, 1.165) is 24.4 Å². The lowest BCUT2D eigenvalue weighted by Crippen LogP contribution is -2.40. The summed E-state index contributed by atoms with van der Waals surface area (Å²) in [6, 6.07) is 0.655. The predicted molar refractivity (Wildman–Crippen MR) is 68.5 cm³/mol. The van der Waals surface area contributed by atoms with Crippen LogP contribution in [0.4, 0.5) is 0 Å². The van der Waals surface area contributed by atoms with E-state index in [1.165, 1.54) is 32.1 Å². The predicted octanol–water partition coefficient (Wildman–Crippen LogP) is 2.10. The number of hydrogen-bond acceptors (Lipinski definition) is 3. The molecule has 1 aliphatic carbocycles. The zero-order valence-corrected chi connectivity index (χ0v) is 10.4. The summed E-state index contributed by atoms with van der Waals surface area (Å²) in [5, 5.41) is 9.06. The van der Waals surface area contributed by atoms with Crippen LogP contribution in [-0.4, -0.2) is 41.5 Å². The molecule has 0 aromatic carbocycles. The van der Waals surface area contributed by atoms with Gasteiger partial charge in [0.1, 0.15) is 0 Å². The molecule has 2 nitrogen and oxygen atoms in total. The van der Waals surface area contributed by atoms with Crippen molar-refractivity contribution in [2.75, 3.05) is 25.4 Å². The van der Waals surface area contributed by atoms with E-state index < -0.39 is 0 Å². The van der Waals surface area contributed by atoms with E-state index >= 15 is 0 Å². The Morgan fingerprint density at radius 2 is 2.00 bits per heavy atom. The number of rotatable bonds is 6. The molecule has 0 aromatic heterocycles. The molecular weight excluding hydrogens is 206 g/mol. The maximum Gasteiger partial charge on any atom is 0.0558 e. The van der Waals surface area contributed by atoms with Gasteiger partial charge in [-0.2, -0.15) is 12.6 Å². The fourth-order valence-corrected chi connectivity index (χ4v) is 2.40. The fraction of sp³-hybridized carbons (Fsp3) is 0.833. The minimum absolute atomic E-state index is 0.246. The van der Waals surface area contributed by atoms with Gasteiger partial charge in [0, 0.05) is 24.9 Å². The van der Waals surface area contributed by atoms with Gasteiger partial charge in [-0.05, 0) is 12.8 Å². The van der Waals surface area contributed by atoms with Crippen LogP contribution in [0, 0.1) is 0 Å². The molecule has 0 saturated heterocycles. The number of nitrogens with zero attached hydrogens (tertiary/aromatic N) is 1. The average molecular weight is 229 g/mol. The molecule has 0 aromatic rings. The highest BCUT2D eigenvalue weighted by Gasteiger charge is 2.20. The molecule has 88 valence electrons. The topological polar surface area (TPSA) is 23.5 Å². The van der Waals surface area contributed by atoms with E-state index in [2.05, 4.69) is 24.1 Å². The maximum atomic E-state index is 9.06. The SMILES string of the molecule is C=C(CS)CN(CCO)C1CCCCC1. The zero-order valence-electron chi connectivity index (χ0n) is 9.49. The standard InChI is InChI=1S/C12H23NOS/c1-11(10-15)9-13(7-8-14)12-5-3-2-4-6-12/h12,14-15H,1-10H2. The van der Waals surface area contributed by atoms with E-state index in [9.17, 15) is 0 Å². The van der Waals surface area contributed by atoms with Crippen LogP contribution < -0.4 is 0 Å². The van der Waals surface area contributed by atoms with Crippen LogP contribution in [0.2, 0.25) is 0 Å². The van der Waals surface area contributed by atoms with Crippen LogP contribution in [0.1, 0.15) is 32.1 Å². The van der Waals surface area contributed by atoms with Gasteiger partial charge in [-0.25, -0.2) is 0 Å². The van der Waals surface area contributed by atoms with Crippen molar-refractivity contribution in [3.8, 4) is 0 Å². The Morgan fingerprint density at radius 3 is 2.53 bits per heavy atom. The summed E-state index contributed by atoms with van der Waals surface area (Å²) in [7, 11) is 0.